The molecular formula is C17H18BrNO3S. The number of hydrogen-bond acceptors (Lipinski definition) is 4. The van der Waals surface area contributed by atoms with Gasteiger partial charge in [0.25, 0.3) is 5.91 Å². The summed E-state index contributed by atoms with van der Waals surface area (Å²) in [4.78, 5) is 13.3. The minimum Gasteiger partial charge on any atom is -0.491 e. The van der Waals surface area contributed by atoms with Crippen LogP contribution in [-0.2, 0) is 11.3 Å². The molecule has 4 nitrogen and oxygen atoms in total. The number of ether oxygens (including phenoxy) is 2. The van der Waals surface area contributed by atoms with Gasteiger partial charge in [0.05, 0.1) is 16.4 Å². The first-order valence-electron chi connectivity index (χ1n) is 7.57. The molecule has 1 unspecified atom stereocenters. The third kappa shape index (κ3) is 4.80. The average Bonchev–Trinajstić information content (AvgIpc) is 3.22. The zero-order valence-corrected chi connectivity index (χ0v) is 15.0. The lowest BCUT2D eigenvalue weighted by Gasteiger charge is -2.12. The molecule has 3 rings (SSSR count). The van der Waals surface area contributed by atoms with Crippen LogP contribution in [0, 0.1) is 0 Å². The second kappa shape index (κ2) is 7.95. The number of thiophene rings is 1. The smallest absolute Gasteiger partial charge is 0.251 e. The second-order valence-electron chi connectivity index (χ2n) is 5.36. The van der Waals surface area contributed by atoms with Crippen molar-refractivity contribution in [3.63, 3.8) is 0 Å². The first-order chi connectivity index (χ1) is 11.2. The molecule has 1 atom stereocenters. The molecule has 122 valence electrons. The fourth-order valence-corrected chi connectivity index (χ4v) is 3.83. The van der Waals surface area contributed by atoms with Crippen molar-refractivity contribution in [2.75, 3.05) is 13.2 Å². The van der Waals surface area contributed by atoms with Gasteiger partial charge >= 0.3 is 0 Å². The molecule has 23 heavy (non-hydrogen) atoms. The van der Waals surface area contributed by atoms with Gasteiger partial charge in [-0.05, 0) is 59.1 Å². The number of halogens is 1. The molecule has 1 saturated heterocycles. The molecule has 1 N–H and O–H groups in total. The van der Waals surface area contributed by atoms with E-state index in [1.165, 1.54) is 0 Å². The maximum absolute atomic E-state index is 12.2. The minimum absolute atomic E-state index is 0.0999. The van der Waals surface area contributed by atoms with Crippen LogP contribution >= 0.6 is 27.3 Å². The van der Waals surface area contributed by atoms with Crippen LogP contribution in [0.4, 0.5) is 0 Å². The highest BCUT2D eigenvalue weighted by Crippen LogP contribution is 2.22. The highest BCUT2D eigenvalue weighted by Gasteiger charge is 2.16. The minimum atomic E-state index is -0.0999. The van der Waals surface area contributed by atoms with Crippen molar-refractivity contribution < 1.29 is 14.3 Å². The van der Waals surface area contributed by atoms with Crippen molar-refractivity contribution in [3.8, 4) is 5.75 Å². The Kier molecular flexibility index (Phi) is 5.70. The van der Waals surface area contributed by atoms with Crippen molar-refractivity contribution in [1.29, 1.82) is 0 Å². The van der Waals surface area contributed by atoms with Crippen molar-refractivity contribution in [1.82, 2.24) is 5.32 Å². The first kappa shape index (κ1) is 16.5. The number of carbonyl (C=O) groups excluding carboxylic acids is 1. The Balaban J connectivity index is 1.54. The normalized spacial score (nSPS) is 17.2. The highest BCUT2D eigenvalue weighted by molar-refractivity contribution is 9.11. The van der Waals surface area contributed by atoms with Gasteiger partial charge < -0.3 is 14.8 Å². The monoisotopic (exact) mass is 395 g/mol. The lowest BCUT2D eigenvalue weighted by molar-refractivity contribution is 0.0679. The molecule has 6 heteroatoms. The van der Waals surface area contributed by atoms with Gasteiger partial charge in [0.2, 0.25) is 0 Å². The third-order valence-electron chi connectivity index (χ3n) is 3.61. The number of amides is 1. The predicted molar refractivity (Wildman–Crippen MR) is 94.1 cm³/mol. The SMILES string of the molecule is O=C(NCc1ccc(Br)s1)c1cccc(OCC2CCCO2)c1. The zero-order valence-electron chi connectivity index (χ0n) is 12.6. The predicted octanol–water partition coefficient (Wildman–Crippen LogP) is 4.00. The van der Waals surface area contributed by atoms with Crippen molar-refractivity contribution in [2.24, 2.45) is 0 Å². The molecule has 0 aliphatic carbocycles. The fourth-order valence-electron chi connectivity index (χ4n) is 2.41. The topological polar surface area (TPSA) is 47.6 Å². The van der Waals surface area contributed by atoms with Crippen molar-refractivity contribution >= 4 is 33.2 Å². The average molecular weight is 396 g/mol. The maximum Gasteiger partial charge on any atom is 0.251 e. The van der Waals surface area contributed by atoms with Crippen LogP contribution in [0.3, 0.4) is 0 Å². The van der Waals surface area contributed by atoms with E-state index in [1.54, 1.807) is 23.5 Å². The summed E-state index contributed by atoms with van der Waals surface area (Å²) in [6, 6.07) is 11.2. The van der Waals surface area contributed by atoms with E-state index in [0.29, 0.717) is 24.5 Å². The molecular weight excluding hydrogens is 378 g/mol. The summed E-state index contributed by atoms with van der Waals surface area (Å²) < 4.78 is 12.3. The van der Waals surface area contributed by atoms with Gasteiger partial charge in [-0.2, -0.15) is 0 Å². The standard InChI is InChI=1S/C17H18BrNO3S/c18-16-7-6-15(23-16)10-19-17(20)12-3-1-4-13(9-12)22-11-14-5-2-8-21-14/h1,3-4,6-7,9,14H,2,5,8,10-11H2,(H,19,20). The molecule has 1 fully saturated rings. The molecule has 1 aromatic heterocycles. The lowest BCUT2D eigenvalue weighted by Crippen LogP contribution is -2.22. The third-order valence-corrected chi connectivity index (χ3v) is 5.23. The molecule has 1 aliphatic heterocycles. The Morgan fingerprint density at radius 3 is 3.04 bits per heavy atom. The van der Waals surface area contributed by atoms with E-state index in [-0.39, 0.29) is 12.0 Å². The van der Waals surface area contributed by atoms with E-state index in [0.717, 1.165) is 28.1 Å². The maximum atomic E-state index is 12.2. The summed E-state index contributed by atoms with van der Waals surface area (Å²) in [7, 11) is 0. The highest BCUT2D eigenvalue weighted by atomic mass is 79.9. The Hall–Kier alpha value is -1.37. The number of hydrogen-bond donors (Lipinski definition) is 1. The van der Waals surface area contributed by atoms with E-state index in [2.05, 4.69) is 21.2 Å². The molecule has 1 aliphatic rings. The van der Waals surface area contributed by atoms with Gasteiger partial charge in [-0.25, -0.2) is 0 Å². The Morgan fingerprint density at radius 2 is 2.30 bits per heavy atom. The largest absolute Gasteiger partial charge is 0.491 e. The summed E-state index contributed by atoms with van der Waals surface area (Å²) >= 11 is 5.03. The van der Waals surface area contributed by atoms with Gasteiger partial charge in [0.15, 0.2) is 0 Å². The van der Waals surface area contributed by atoms with Crippen LogP contribution in [0.5, 0.6) is 5.75 Å². The molecule has 0 bridgehead atoms. The molecule has 1 amide bonds. The quantitative estimate of drug-likeness (QED) is 0.803. The van der Waals surface area contributed by atoms with Gasteiger partial charge in [0.1, 0.15) is 12.4 Å². The molecule has 2 heterocycles. The Bertz CT molecular complexity index is 667. The van der Waals surface area contributed by atoms with Gasteiger partial charge in [-0.1, -0.05) is 6.07 Å². The van der Waals surface area contributed by atoms with Crippen LogP contribution in [0.15, 0.2) is 40.2 Å². The van der Waals surface area contributed by atoms with Crippen LogP contribution in [0.1, 0.15) is 28.1 Å². The molecule has 2 aromatic rings. The zero-order chi connectivity index (χ0) is 16.1. The summed E-state index contributed by atoms with van der Waals surface area (Å²) in [6.45, 7) is 1.87. The van der Waals surface area contributed by atoms with Crippen LogP contribution in [0.25, 0.3) is 0 Å². The Labute approximate surface area is 147 Å². The molecule has 1 aromatic carbocycles. The molecule has 0 spiro atoms. The summed E-state index contributed by atoms with van der Waals surface area (Å²) in [5.41, 5.74) is 0.602. The number of nitrogens with one attached hydrogen (secondary N) is 1. The van der Waals surface area contributed by atoms with Crippen LogP contribution in [0.2, 0.25) is 0 Å². The van der Waals surface area contributed by atoms with E-state index >= 15 is 0 Å². The van der Waals surface area contributed by atoms with Crippen molar-refractivity contribution in [3.05, 3.63) is 50.6 Å². The van der Waals surface area contributed by atoms with Crippen molar-refractivity contribution in [2.45, 2.75) is 25.5 Å². The number of rotatable bonds is 6. The summed E-state index contributed by atoms with van der Waals surface area (Å²) in [6.07, 6.45) is 2.30. The molecule has 0 radical (unpaired) electrons. The van der Waals surface area contributed by atoms with Crippen LogP contribution < -0.4 is 10.1 Å². The lowest BCUT2D eigenvalue weighted by atomic mass is 10.2. The number of benzene rings is 1. The summed E-state index contributed by atoms with van der Waals surface area (Å²) in [5, 5.41) is 2.92. The summed E-state index contributed by atoms with van der Waals surface area (Å²) in [5.74, 6) is 0.601. The van der Waals surface area contributed by atoms with Gasteiger partial charge in [0, 0.05) is 17.0 Å². The molecule has 0 saturated carbocycles. The van der Waals surface area contributed by atoms with E-state index < -0.39 is 0 Å². The first-order valence-corrected chi connectivity index (χ1v) is 9.18. The van der Waals surface area contributed by atoms with E-state index in [1.807, 2.05) is 24.3 Å². The van der Waals surface area contributed by atoms with E-state index in [4.69, 9.17) is 9.47 Å². The fraction of sp³-hybridized carbons (Fsp3) is 0.353. The van der Waals surface area contributed by atoms with Crippen LogP contribution in [-0.4, -0.2) is 25.2 Å². The van der Waals surface area contributed by atoms with Gasteiger partial charge in [-0.3, -0.25) is 4.79 Å². The van der Waals surface area contributed by atoms with E-state index in [9.17, 15) is 4.79 Å². The number of carbonyl (C=O) groups is 1. The van der Waals surface area contributed by atoms with Gasteiger partial charge in [-0.15, -0.1) is 11.3 Å². The second-order valence-corrected chi connectivity index (χ2v) is 7.91. The Morgan fingerprint density at radius 1 is 1.39 bits per heavy atom.